The second-order valence-corrected chi connectivity index (χ2v) is 10.4. The van der Waals surface area contributed by atoms with E-state index in [1.54, 1.807) is 6.07 Å². The fourth-order valence-corrected chi connectivity index (χ4v) is 5.77. The molecule has 3 heterocycles. The van der Waals surface area contributed by atoms with Crippen molar-refractivity contribution in [2.45, 2.75) is 61.6 Å². The Morgan fingerprint density at radius 3 is 2.66 bits per heavy atom. The third-order valence-electron chi connectivity index (χ3n) is 6.93. The largest absolute Gasteiger partial charge is 0.433 e. The van der Waals surface area contributed by atoms with Crippen LogP contribution in [0.25, 0.3) is 0 Å². The van der Waals surface area contributed by atoms with Crippen LogP contribution in [0.1, 0.15) is 61.0 Å². The summed E-state index contributed by atoms with van der Waals surface area (Å²) in [5, 5.41) is 3.41. The van der Waals surface area contributed by atoms with Crippen molar-refractivity contribution < 1.29 is 22.4 Å². The van der Waals surface area contributed by atoms with E-state index in [1.165, 1.54) is 12.1 Å². The van der Waals surface area contributed by atoms with Gasteiger partial charge < -0.3 is 10.2 Å². The monoisotopic (exact) mass is 572 g/mol. The molecule has 2 aromatic rings. The molecule has 2 aliphatic heterocycles. The molecule has 0 unspecified atom stereocenters. The minimum absolute atomic E-state index is 0.0652. The van der Waals surface area contributed by atoms with Crippen LogP contribution in [-0.4, -0.2) is 34.9 Å². The number of aromatic nitrogens is 1. The molecule has 3 aliphatic rings. The molecule has 1 spiro atoms. The van der Waals surface area contributed by atoms with E-state index in [4.69, 9.17) is 16.6 Å². The average Bonchev–Trinajstić information content (AvgIpc) is 3.58. The molecule has 5 nitrogen and oxygen atoms in total. The van der Waals surface area contributed by atoms with Crippen LogP contribution in [0, 0.1) is 5.82 Å². The van der Waals surface area contributed by atoms with Crippen LogP contribution in [0.15, 0.2) is 29.3 Å². The zero-order valence-corrected chi connectivity index (χ0v) is 21.1. The number of piperidine rings is 1. The van der Waals surface area contributed by atoms with Gasteiger partial charge in [-0.1, -0.05) is 27.5 Å². The number of pyridine rings is 1. The van der Waals surface area contributed by atoms with E-state index in [0.29, 0.717) is 47.2 Å². The number of carbonyl (C=O) groups excluding carboxylic acids is 1. The van der Waals surface area contributed by atoms with Gasteiger partial charge in [-0.2, -0.15) is 13.2 Å². The second-order valence-electron chi connectivity index (χ2n) is 9.36. The number of amidine groups is 1. The first-order chi connectivity index (χ1) is 16.5. The molecule has 1 aromatic carbocycles. The molecular weight excluding hydrogens is 552 g/mol. The number of hydrogen-bond acceptors (Lipinski definition) is 4. The number of carbonyl (C=O) groups is 1. The van der Waals surface area contributed by atoms with E-state index >= 15 is 0 Å². The maximum absolute atomic E-state index is 14.5. The van der Waals surface area contributed by atoms with Gasteiger partial charge in [-0.15, -0.1) is 0 Å². The van der Waals surface area contributed by atoms with Crippen LogP contribution in [0.2, 0.25) is 5.02 Å². The summed E-state index contributed by atoms with van der Waals surface area (Å²) in [4.78, 5) is 23.8. The van der Waals surface area contributed by atoms with E-state index in [0.717, 1.165) is 18.9 Å². The number of hydrogen-bond donors (Lipinski definition) is 1. The fraction of sp³-hybridized carbons (Fsp3) is 0.458. The van der Waals surface area contributed by atoms with E-state index in [1.807, 2.05) is 11.8 Å². The minimum Gasteiger partial charge on any atom is -0.368 e. The summed E-state index contributed by atoms with van der Waals surface area (Å²) in [6.45, 7) is 2.37. The van der Waals surface area contributed by atoms with Gasteiger partial charge in [0.25, 0.3) is 5.91 Å². The predicted octanol–water partition coefficient (Wildman–Crippen LogP) is 5.97. The van der Waals surface area contributed by atoms with Crippen LogP contribution < -0.4 is 10.2 Å². The topological polar surface area (TPSA) is 57.6 Å². The number of benzene rings is 1. The summed E-state index contributed by atoms with van der Waals surface area (Å²) < 4.78 is 54.2. The molecule has 186 valence electrons. The summed E-state index contributed by atoms with van der Waals surface area (Å²) in [6, 6.07) is 5.11. The molecule has 1 amide bonds. The average molecular weight is 574 g/mol. The van der Waals surface area contributed by atoms with E-state index in [9.17, 15) is 22.4 Å². The summed E-state index contributed by atoms with van der Waals surface area (Å²) in [5.41, 5.74) is -0.0550. The standard InChI is InChI=1S/C24H22BrClF4N4O/c1-12-10-23(6-7-34(12)18-9-14(26)8-17(27)16(18)11-25)22(35)32-21(33-23)15-4-5-19(24(28,29)30)31-20(15)13-2-3-13/h4-5,8-9,12-13H,2-3,6-7,10-11H2,1H3,(H,32,33,35)/t12-,23+/m0/s1. The molecule has 2 fully saturated rings. The van der Waals surface area contributed by atoms with Crippen molar-refractivity contribution >= 4 is 45.0 Å². The highest BCUT2D eigenvalue weighted by atomic mass is 79.9. The number of aliphatic imine (C=N–C) groups is 1. The molecule has 35 heavy (non-hydrogen) atoms. The summed E-state index contributed by atoms with van der Waals surface area (Å²) in [6.07, 6.45) is -2.29. The van der Waals surface area contributed by atoms with E-state index in [2.05, 4.69) is 26.2 Å². The Balaban J connectivity index is 1.46. The molecule has 1 saturated heterocycles. The van der Waals surface area contributed by atoms with Crippen molar-refractivity contribution in [1.82, 2.24) is 10.3 Å². The molecule has 1 aromatic heterocycles. The normalized spacial score (nSPS) is 24.7. The molecule has 11 heteroatoms. The maximum Gasteiger partial charge on any atom is 0.433 e. The van der Waals surface area contributed by atoms with Crippen molar-refractivity contribution in [1.29, 1.82) is 0 Å². The Morgan fingerprint density at radius 2 is 2.03 bits per heavy atom. The second kappa shape index (κ2) is 8.73. The van der Waals surface area contributed by atoms with Crippen LogP contribution in [0.3, 0.4) is 0 Å². The van der Waals surface area contributed by atoms with Crippen molar-refractivity contribution in [3.63, 3.8) is 0 Å². The van der Waals surface area contributed by atoms with Crippen molar-refractivity contribution in [3.8, 4) is 0 Å². The number of halogens is 6. The first-order valence-electron chi connectivity index (χ1n) is 11.3. The lowest BCUT2D eigenvalue weighted by Crippen LogP contribution is -2.53. The van der Waals surface area contributed by atoms with Gasteiger partial charge in [-0.25, -0.2) is 9.37 Å². The molecule has 1 aliphatic carbocycles. The molecule has 5 rings (SSSR count). The molecule has 1 N–H and O–H groups in total. The number of nitrogens with zero attached hydrogens (tertiary/aromatic N) is 3. The molecule has 1 saturated carbocycles. The zero-order chi connectivity index (χ0) is 25.1. The minimum atomic E-state index is -4.54. The van der Waals surface area contributed by atoms with Crippen molar-refractivity contribution in [2.24, 2.45) is 4.99 Å². The first kappa shape index (κ1) is 24.5. The van der Waals surface area contributed by atoms with Crippen molar-refractivity contribution in [2.75, 3.05) is 11.4 Å². The number of nitrogens with one attached hydrogen (secondary N) is 1. The van der Waals surface area contributed by atoms with Gasteiger partial charge in [0, 0.05) is 52.1 Å². The molecule has 2 atom stereocenters. The molecule has 0 radical (unpaired) electrons. The summed E-state index contributed by atoms with van der Waals surface area (Å²) in [5.74, 6) is -0.477. The highest BCUT2D eigenvalue weighted by Gasteiger charge is 2.49. The van der Waals surface area contributed by atoms with Crippen LogP contribution in [0.5, 0.6) is 0 Å². The highest BCUT2D eigenvalue weighted by Crippen LogP contribution is 2.44. The Labute approximate surface area is 213 Å². The van der Waals surface area contributed by atoms with Gasteiger partial charge in [0.05, 0.1) is 5.69 Å². The first-order valence-corrected chi connectivity index (χ1v) is 12.8. The Bertz CT molecular complexity index is 1230. The van der Waals surface area contributed by atoms with Crippen LogP contribution >= 0.6 is 27.5 Å². The fourth-order valence-electron chi connectivity index (χ4n) is 5.02. The van der Waals surface area contributed by atoms with Gasteiger partial charge >= 0.3 is 6.18 Å². The molecule has 0 bridgehead atoms. The maximum atomic E-state index is 14.5. The number of anilines is 1. The third-order valence-corrected chi connectivity index (χ3v) is 7.70. The summed E-state index contributed by atoms with van der Waals surface area (Å²) >= 11 is 9.46. The van der Waals surface area contributed by atoms with Gasteiger partial charge in [0.1, 0.15) is 22.9 Å². The number of alkyl halides is 4. The van der Waals surface area contributed by atoms with Gasteiger partial charge in [-0.05, 0) is 50.5 Å². The van der Waals surface area contributed by atoms with Gasteiger partial charge in [0.15, 0.2) is 0 Å². The van der Waals surface area contributed by atoms with Crippen LogP contribution in [0.4, 0.5) is 23.2 Å². The SMILES string of the molecule is C[C@H]1C[C@@]2(CCN1c1cc(Cl)cc(F)c1CBr)N=C(c1ccc(C(F)(F)F)nc1C1CC1)NC2=O. The lowest BCUT2D eigenvalue weighted by atomic mass is 9.83. The third kappa shape index (κ3) is 4.43. The lowest BCUT2D eigenvalue weighted by Gasteiger charge is -2.42. The predicted molar refractivity (Wildman–Crippen MR) is 129 cm³/mol. The number of rotatable bonds is 4. The quantitative estimate of drug-likeness (QED) is 0.362. The van der Waals surface area contributed by atoms with Gasteiger partial charge in [0.2, 0.25) is 0 Å². The molecular formula is C24H22BrClF4N4O. The Hall–Kier alpha value is -2.20. The van der Waals surface area contributed by atoms with E-state index in [-0.39, 0.29) is 28.7 Å². The summed E-state index contributed by atoms with van der Waals surface area (Å²) in [7, 11) is 0. The Kier molecular flexibility index (Phi) is 6.11. The van der Waals surface area contributed by atoms with Crippen LogP contribution in [-0.2, 0) is 16.3 Å². The Morgan fingerprint density at radius 1 is 1.29 bits per heavy atom. The highest BCUT2D eigenvalue weighted by molar-refractivity contribution is 9.08. The smallest absolute Gasteiger partial charge is 0.368 e. The van der Waals surface area contributed by atoms with E-state index < -0.39 is 23.2 Å². The lowest BCUT2D eigenvalue weighted by molar-refractivity contribution is -0.141. The van der Waals surface area contributed by atoms with Crippen molar-refractivity contribution in [3.05, 3.63) is 57.6 Å². The zero-order valence-electron chi connectivity index (χ0n) is 18.7. The number of amides is 1. The van der Waals surface area contributed by atoms with Gasteiger partial charge in [-0.3, -0.25) is 9.79 Å².